The fourth-order valence-corrected chi connectivity index (χ4v) is 5.02. The summed E-state index contributed by atoms with van der Waals surface area (Å²) in [6.45, 7) is 3.04. The fraction of sp³-hybridized carbons (Fsp3) is 0.647. The number of piperidine rings is 1. The third-order valence-electron chi connectivity index (χ3n) is 5.64. The van der Waals surface area contributed by atoms with Gasteiger partial charge in [0.2, 0.25) is 0 Å². The molecule has 6 nitrogen and oxygen atoms in total. The predicted octanol–water partition coefficient (Wildman–Crippen LogP) is 1.86. The van der Waals surface area contributed by atoms with Gasteiger partial charge < -0.3 is 10.2 Å². The number of imide groups is 1. The molecule has 0 bridgehead atoms. The van der Waals surface area contributed by atoms with Crippen molar-refractivity contribution >= 4 is 23.3 Å². The van der Waals surface area contributed by atoms with E-state index in [-0.39, 0.29) is 11.9 Å². The van der Waals surface area contributed by atoms with Crippen molar-refractivity contribution in [2.75, 3.05) is 33.4 Å². The minimum atomic E-state index is -0.665. The summed E-state index contributed by atoms with van der Waals surface area (Å²) >= 11 is 1.75. The Hall–Kier alpha value is -1.44. The van der Waals surface area contributed by atoms with Gasteiger partial charge in [-0.15, -0.1) is 11.3 Å². The number of urea groups is 1. The summed E-state index contributed by atoms with van der Waals surface area (Å²) in [5.41, 5.74) is -0.665. The Labute approximate surface area is 146 Å². The monoisotopic (exact) mass is 348 g/mol. The Morgan fingerprint density at radius 1 is 1.29 bits per heavy atom. The zero-order valence-electron chi connectivity index (χ0n) is 14.0. The summed E-state index contributed by atoms with van der Waals surface area (Å²) < 4.78 is 0. The van der Waals surface area contributed by atoms with E-state index in [4.69, 9.17) is 0 Å². The van der Waals surface area contributed by atoms with E-state index < -0.39 is 5.54 Å². The van der Waals surface area contributed by atoms with Crippen LogP contribution in [0.5, 0.6) is 0 Å². The number of thiophene rings is 1. The molecular formula is C17H24N4O2S. The average Bonchev–Trinajstić information content (AvgIpc) is 3.28. The Balaban J connectivity index is 1.48. The summed E-state index contributed by atoms with van der Waals surface area (Å²) in [5.74, 6) is -0.0302. The van der Waals surface area contributed by atoms with Gasteiger partial charge >= 0.3 is 6.03 Å². The van der Waals surface area contributed by atoms with Crippen LogP contribution in [0.3, 0.4) is 0 Å². The van der Waals surface area contributed by atoms with Crippen LogP contribution in [0.2, 0.25) is 0 Å². The molecule has 1 N–H and O–H groups in total. The summed E-state index contributed by atoms with van der Waals surface area (Å²) in [5, 5.41) is 5.09. The zero-order valence-corrected chi connectivity index (χ0v) is 14.8. The van der Waals surface area contributed by atoms with Crippen molar-refractivity contribution in [3.05, 3.63) is 22.4 Å². The van der Waals surface area contributed by atoms with Crippen LogP contribution < -0.4 is 5.32 Å². The molecule has 0 aromatic carbocycles. The maximum Gasteiger partial charge on any atom is 0.326 e. The van der Waals surface area contributed by atoms with Crippen molar-refractivity contribution in [2.24, 2.45) is 0 Å². The maximum atomic E-state index is 13.0. The predicted molar refractivity (Wildman–Crippen MR) is 92.7 cm³/mol. The number of likely N-dealkylation sites (tertiary alicyclic amines) is 2. The number of hydrogen-bond donors (Lipinski definition) is 1. The third kappa shape index (κ3) is 2.64. The van der Waals surface area contributed by atoms with Gasteiger partial charge in [0.1, 0.15) is 5.54 Å². The minimum Gasteiger partial charge on any atom is -0.323 e. The highest BCUT2D eigenvalue weighted by molar-refractivity contribution is 7.10. The number of nitrogens with one attached hydrogen (secondary N) is 1. The molecule has 130 valence electrons. The van der Waals surface area contributed by atoms with Gasteiger partial charge in [-0.2, -0.15) is 0 Å². The van der Waals surface area contributed by atoms with Crippen LogP contribution in [0.1, 0.15) is 36.6 Å². The van der Waals surface area contributed by atoms with E-state index in [2.05, 4.69) is 39.7 Å². The highest BCUT2D eigenvalue weighted by atomic mass is 32.1. The van der Waals surface area contributed by atoms with E-state index in [1.807, 2.05) is 0 Å². The molecule has 3 aliphatic rings. The van der Waals surface area contributed by atoms with Gasteiger partial charge in [0.15, 0.2) is 0 Å². The lowest BCUT2D eigenvalue weighted by Crippen LogP contribution is -2.54. The molecule has 1 unspecified atom stereocenters. The van der Waals surface area contributed by atoms with Gasteiger partial charge in [-0.25, -0.2) is 9.69 Å². The molecule has 3 aliphatic heterocycles. The molecule has 3 fully saturated rings. The Kier molecular flexibility index (Phi) is 4.10. The number of rotatable bonds is 3. The van der Waals surface area contributed by atoms with Crippen molar-refractivity contribution in [2.45, 2.75) is 37.3 Å². The number of hydrogen-bond acceptors (Lipinski definition) is 5. The van der Waals surface area contributed by atoms with Crippen LogP contribution in [-0.4, -0.2) is 65.5 Å². The second-order valence-electron chi connectivity index (χ2n) is 7.18. The van der Waals surface area contributed by atoms with Gasteiger partial charge in [-0.1, -0.05) is 6.07 Å². The van der Waals surface area contributed by atoms with E-state index >= 15 is 0 Å². The third-order valence-corrected chi connectivity index (χ3v) is 6.62. The zero-order chi connectivity index (χ0) is 16.7. The minimum absolute atomic E-state index is 0.0302. The molecule has 0 radical (unpaired) electrons. The Morgan fingerprint density at radius 2 is 2.08 bits per heavy atom. The summed E-state index contributed by atoms with van der Waals surface area (Å²) in [6, 6.07) is 4.33. The Morgan fingerprint density at radius 3 is 2.79 bits per heavy atom. The largest absolute Gasteiger partial charge is 0.326 e. The molecule has 0 aliphatic carbocycles. The van der Waals surface area contributed by atoms with Crippen molar-refractivity contribution in [1.82, 2.24) is 20.0 Å². The molecule has 7 heteroatoms. The lowest BCUT2D eigenvalue weighted by Gasteiger charge is -2.35. The number of carbonyl (C=O) groups excluding carboxylic acids is 2. The SMILES string of the molecule is CN1CCC2(CC1)NC(=O)N(CN1CCCC1c1cccs1)C2=O. The van der Waals surface area contributed by atoms with Crippen LogP contribution in [0.25, 0.3) is 0 Å². The lowest BCUT2D eigenvalue weighted by atomic mass is 9.88. The van der Waals surface area contributed by atoms with Crippen molar-refractivity contribution in [3.63, 3.8) is 0 Å². The van der Waals surface area contributed by atoms with Gasteiger partial charge in [0.25, 0.3) is 5.91 Å². The van der Waals surface area contributed by atoms with E-state index in [1.165, 1.54) is 9.78 Å². The first-order valence-electron chi connectivity index (χ1n) is 8.69. The highest BCUT2D eigenvalue weighted by Crippen LogP contribution is 2.36. The molecule has 4 heterocycles. The molecule has 1 aromatic heterocycles. The van der Waals surface area contributed by atoms with Gasteiger partial charge in [0, 0.05) is 30.6 Å². The number of amides is 3. The molecule has 1 spiro atoms. The fourth-order valence-electron chi connectivity index (χ4n) is 4.12. The maximum absolute atomic E-state index is 13.0. The second-order valence-corrected chi connectivity index (χ2v) is 8.16. The van der Waals surface area contributed by atoms with E-state index in [9.17, 15) is 9.59 Å². The van der Waals surface area contributed by atoms with Crippen LogP contribution in [0, 0.1) is 0 Å². The normalized spacial score (nSPS) is 28.0. The Bertz CT molecular complexity index is 625. The van der Waals surface area contributed by atoms with E-state index in [1.54, 1.807) is 11.3 Å². The molecule has 3 amide bonds. The highest BCUT2D eigenvalue weighted by Gasteiger charge is 2.52. The van der Waals surface area contributed by atoms with Crippen molar-refractivity contribution in [1.29, 1.82) is 0 Å². The molecular weight excluding hydrogens is 324 g/mol. The smallest absolute Gasteiger partial charge is 0.323 e. The summed E-state index contributed by atoms with van der Waals surface area (Å²) in [7, 11) is 2.06. The molecule has 24 heavy (non-hydrogen) atoms. The van der Waals surface area contributed by atoms with Crippen LogP contribution >= 0.6 is 11.3 Å². The van der Waals surface area contributed by atoms with Crippen molar-refractivity contribution < 1.29 is 9.59 Å². The standard InChI is InChI=1S/C17H24N4O2S/c1-19-9-6-17(7-10-19)15(22)21(16(23)18-17)12-20-8-2-4-13(20)14-5-3-11-24-14/h3,5,11,13H,2,4,6-10,12H2,1H3,(H,18,23). The number of nitrogens with zero attached hydrogens (tertiary/aromatic N) is 3. The van der Waals surface area contributed by atoms with Crippen molar-refractivity contribution in [3.8, 4) is 0 Å². The molecule has 3 saturated heterocycles. The molecule has 4 rings (SSSR count). The first-order valence-corrected chi connectivity index (χ1v) is 9.57. The first-order chi connectivity index (χ1) is 11.6. The molecule has 0 saturated carbocycles. The van der Waals surface area contributed by atoms with Crippen LogP contribution in [0.15, 0.2) is 17.5 Å². The van der Waals surface area contributed by atoms with Gasteiger partial charge in [-0.05, 0) is 44.2 Å². The molecule has 1 atom stereocenters. The van der Waals surface area contributed by atoms with E-state index in [0.29, 0.717) is 25.6 Å². The number of carbonyl (C=O) groups is 2. The first kappa shape index (κ1) is 16.1. The lowest BCUT2D eigenvalue weighted by molar-refractivity contribution is -0.134. The molecule has 1 aromatic rings. The van der Waals surface area contributed by atoms with Crippen LogP contribution in [0.4, 0.5) is 4.79 Å². The average molecular weight is 348 g/mol. The second kappa shape index (κ2) is 6.13. The summed E-state index contributed by atoms with van der Waals surface area (Å²) in [4.78, 5) is 32.7. The van der Waals surface area contributed by atoms with Crippen LogP contribution in [-0.2, 0) is 4.79 Å². The van der Waals surface area contributed by atoms with Gasteiger partial charge in [-0.3, -0.25) is 9.69 Å². The van der Waals surface area contributed by atoms with Gasteiger partial charge in [0.05, 0.1) is 6.67 Å². The topological polar surface area (TPSA) is 55.9 Å². The quantitative estimate of drug-likeness (QED) is 0.847. The summed E-state index contributed by atoms with van der Waals surface area (Å²) in [6.07, 6.45) is 3.63. The van der Waals surface area contributed by atoms with E-state index in [0.717, 1.165) is 32.5 Å².